The Morgan fingerprint density at radius 3 is 2.75 bits per heavy atom. The van der Waals surface area contributed by atoms with Gasteiger partial charge in [-0.1, -0.05) is 32.4 Å². The molecule has 3 aromatic heterocycles. The molecule has 0 spiro atoms. The van der Waals surface area contributed by atoms with Crippen LogP contribution >= 0.6 is 22.9 Å². The van der Waals surface area contributed by atoms with Crippen LogP contribution in [0.15, 0.2) is 41.0 Å². The predicted octanol–water partition coefficient (Wildman–Crippen LogP) is 5.16. The van der Waals surface area contributed by atoms with E-state index in [4.69, 9.17) is 16.0 Å². The van der Waals surface area contributed by atoms with E-state index in [0.29, 0.717) is 23.8 Å². The van der Waals surface area contributed by atoms with Gasteiger partial charge in [-0.2, -0.15) is 9.78 Å². The van der Waals surface area contributed by atoms with Crippen molar-refractivity contribution in [2.75, 3.05) is 5.32 Å². The fourth-order valence-electron chi connectivity index (χ4n) is 2.15. The molecule has 0 aliphatic heterocycles. The number of halogens is 1. The van der Waals surface area contributed by atoms with E-state index in [2.05, 4.69) is 10.4 Å². The van der Waals surface area contributed by atoms with Gasteiger partial charge in [-0.25, -0.2) is 0 Å². The number of nitrogens with zero attached hydrogens (tertiary/aromatic N) is 2. The zero-order chi connectivity index (χ0) is 17.3. The van der Waals surface area contributed by atoms with Crippen LogP contribution in [0.4, 0.5) is 5.82 Å². The Kier molecular flexibility index (Phi) is 4.51. The quantitative estimate of drug-likeness (QED) is 0.695. The molecule has 7 heteroatoms. The summed E-state index contributed by atoms with van der Waals surface area (Å²) in [5, 5.41) is 7.69. The van der Waals surface area contributed by atoms with Crippen molar-refractivity contribution in [2.45, 2.75) is 27.3 Å². The third-order valence-corrected chi connectivity index (χ3v) is 4.62. The van der Waals surface area contributed by atoms with Gasteiger partial charge in [0.05, 0.1) is 17.1 Å². The molecule has 0 bridgehead atoms. The fourth-order valence-corrected chi connectivity index (χ4v) is 3.18. The van der Waals surface area contributed by atoms with E-state index in [1.807, 2.05) is 45.0 Å². The molecule has 0 aliphatic carbocycles. The van der Waals surface area contributed by atoms with Crippen molar-refractivity contribution in [3.8, 4) is 11.5 Å². The maximum absolute atomic E-state index is 12.7. The Balaban J connectivity index is 1.91. The highest BCUT2D eigenvalue weighted by Gasteiger charge is 2.27. The summed E-state index contributed by atoms with van der Waals surface area (Å²) in [6.45, 7) is 6.17. The van der Waals surface area contributed by atoms with Gasteiger partial charge in [-0.15, -0.1) is 11.3 Å². The standard InChI is InChI=1S/C17H18ClN3O2S/c1-17(2,3)16(22)21-15(19-10-11-6-7-14(18)24-11)9-12(20-21)13-5-4-8-23-13/h4-9,19H,10H2,1-3H3. The van der Waals surface area contributed by atoms with E-state index < -0.39 is 5.41 Å². The zero-order valence-corrected chi connectivity index (χ0v) is 15.2. The van der Waals surface area contributed by atoms with Crippen LogP contribution in [0.1, 0.15) is 30.4 Å². The van der Waals surface area contributed by atoms with Crippen LogP contribution in [0.2, 0.25) is 4.34 Å². The summed E-state index contributed by atoms with van der Waals surface area (Å²) >= 11 is 7.46. The number of nitrogens with one attached hydrogen (secondary N) is 1. The minimum absolute atomic E-state index is 0.0907. The number of hydrogen-bond donors (Lipinski definition) is 1. The Labute approximate surface area is 149 Å². The molecule has 0 radical (unpaired) electrons. The van der Waals surface area contributed by atoms with E-state index in [0.717, 1.165) is 9.21 Å². The maximum Gasteiger partial charge on any atom is 0.254 e. The molecule has 0 amide bonds. The normalized spacial score (nSPS) is 11.7. The Hall–Kier alpha value is -2.05. The monoisotopic (exact) mass is 363 g/mol. The number of thiophene rings is 1. The van der Waals surface area contributed by atoms with Gasteiger partial charge in [0.2, 0.25) is 0 Å². The lowest BCUT2D eigenvalue weighted by molar-refractivity contribution is 0.0752. The smallest absolute Gasteiger partial charge is 0.254 e. The maximum atomic E-state index is 12.7. The third-order valence-electron chi connectivity index (χ3n) is 3.39. The molecule has 0 aromatic carbocycles. The van der Waals surface area contributed by atoms with Crippen molar-refractivity contribution in [3.63, 3.8) is 0 Å². The van der Waals surface area contributed by atoms with Gasteiger partial charge < -0.3 is 9.73 Å². The van der Waals surface area contributed by atoms with Crippen molar-refractivity contribution in [1.82, 2.24) is 9.78 Å². The number of carbonyl (C=O) groups is 1. The molecule has 24 heavy (non-hydrogen) atoms. The van der Waals surface area contributed by atoms with Crippen LogP contribution in [0.25, 0.3) is 11.5 Å². The first kappa shape index (κ1) is 16.8. The molecule has 3 aromatic rings. The van der Waals surface area contributed by atoms with Gasteiger partial charge >= 0.3 is 0 Å². The van der Waals surface area contributed by atoms with Crippen LogP contribution in [-0.4, -0.2) is 15.7 Å². The molecule has 0 fully saturated rings. The van der Waals surface area contributed by atoms with Crippen LogP contribution in [0.3, 0.4) is 0 Å². The van der Waals surface area contributed by atoms with Gasteiger partial charge in [-0.3, -0.25) is 4.79 Å². The minimum Gasteiger partial charge on any atom is -0.463 e. The lowest BCUT2D eigenvalue weighted by Gasteiger charge is -2.18. The molecule has 5 nitrogen and oxygen atoms in total. The fraction of sp³-hybridized carbons (Fsp3) is 0.294. The summed E-state index contributed by atoms with van der Waals surface area (Å²) in [7, 11) is 0. The van der Waals surface area contributed by atoms with Gasteiger partial charge in [0.1, 0.15) is 11.5 Å². The average Bonchev–Trinajstić information content (AvgIpc) is 3.23. The second-order valence-corrected chi connectivity index (χ2v) is 8.22. The molecule has 0 unspecified atom stereocenters. The highest BCUT2D eigenvalue weighted by atomic mass is 35.5. The van der Waals surface area contributed by atoms with Gasteiger partial charge in [0, 0.05) is 16.4 Å². The first-order valence-electron chi connectivity index (χ1n) is 7.51. The van der Waals surface area contributed by atoms with E-state index in [1.54, 1.807) is 12.3 Å². The number of carbonyl (C=O) groups excluding carboxylic acids is 1. The minimum atomic E-state index is -0.547. The van der Waals surface area contributed by atoms with Crippen molar-refractivity contribution in [2.24, 2.45) is 5.41 Å². The number of hydrogen-bond acceptors (Lipinski definition) is 5. The Morgan fingerprint density at radius 1 is 1.38 bits per heavy atom. The Morgan fingerprint density at radius 2 is 2.17 bits per heavy atom. The highest BCUT2D eigenvalue weighted by Crippen LogP contribution is 2.27. The summed E-state index contributed by atoms with van der Waals surface area (Å²) in [4.78, 5) is 13.8. The predicted molar refractivity (Wildman–Crippen MR) is 96.7 cm³/mol. The van der Waals surface area contributed by atoms with Crippen LogP contribution in [0, 0.1) is 5.41 Å². The average molecular weight is 364 g/mol. The van der Waals surface area contributed by atoms with Crippen molar-refractivity contribution in [1.29, 1.82) is 0 Å². The van der Waals surface area contributed by atoms with Crippen LogP contribution in [0.5, 0.6) is 0 Å². The largest absolute Gasteiger partial charge is 0.463 e. The van der Waals surface area contributed by atoms with Crippen molar-refractivity contribution < 1.29 is 9.21 Å². The van der Waals surface area contributed by atoms with E-state index in [9.17, 15) is 4.79 Å². The van der Waals surface area contributed by atoms with E-state index >= 15 is 0 Å². The zero-order valence-electron chi connectivity index (χ0n) is 13.7. The SMILES string of the molecule is CC(C)(C)C(=O)n1nc(-c2ccco2)cc1NCc1ccc(Cl)s1. The summed E-state index contributed by atoms with van der Waals surface area (Å²) in [5.74, 6) is 1.16. The first-order valence-corrected chi connectivity index (χ1v) is 8.71. The number of aromatic nitrogens is 2. The van der Waals surface area contributed by atoms with Crippen molar-refractivity contribution in [3.05, 3.63) is 45.8 Å². The second-order valence-electron chi connectivity index (χ2n) is 6.42. The van der Waals surface area contributed by atoms with Gasteiger partial charge in [-0.05, 0) is 24.3 Å². The van der Waals surface area contributed by atoms with Gasteiger partial charge in [0.15, 0.2) is 5.76 Å². The third kappa shape index (κ3) is 3.55. The highest BCUT2D eigenvalue weighted by molar-refractivity contribution is 7.16. The molecule has 0 saturated heterocycles. The lowest BCUT2D eigenvalue weighted by atomic mass is 9.96. The van der Waals surface area contributed by atoms with Crippen molar-refractivity contribution >= 4 is 34.7 Å². The van der Waals surface area contributed by atoms with Gasteiger partial charge in [0.25, 0.3) is 5.91 Å². The summed E-state index contributed by atoms with van der Waals surface area (Å²) in [6.07, 6.45) is 1.58. The topological polar surface area (TPSA) is 60.1 Å². The molecule has 3 heterocycles. The first-order chi connectivity index (χ1) is 11.3. The number of furan rings is 1. The molecule has 1 N–H and O–H groups in total. The molecule has 0 aliphatic rings. The summed E-state index contributed by atoms with van der Waals surface area (Å²) in [5.41, 5.74) is 0.0686. The van der Waals surface area contributed by atoms with Crippen LogP contribution in [-0.2, 0) is 6.54 Å². The summed E-state index contributed by atoms with van der Waals surface area (Å²) in [6, 6.07) is 9.24. The second kappa shape index (κ2) is 6.45. The molecule has 3 rings (SSSR count). The van der Waals surface area contributed by atoms with E-state index in [1.165, 1.54) is 16.0 Å². The van der Waals surface area contributed by atoms with Crippen LogP contribution < -0.4 is 5.32 Å². The number of anilines is 1. The van der Waals surface area contributed by atoms with E-state index in [-0.39, 0.29) is 5.91 Å². The Bertz CT molecular complexity index is 844. The number of rotatable bonds is 4. The molecule has 126 valence electrons. The molecule has 0 saturated carbocycles. The molecular weight excluding hydrogens is 346 g/mol. The summed E-state index contributed by atoms with van der Waals surface area (Å²) < 4.78 is 7.54. The molecular formula is C17H18ClN3O2S. The molecule has 0 atom stereocenters. The lowest BCUT2D eigenvalue weighted by Crippen LogP contribution is -2.28.